The highest BCUT2D eigenvalue weighted by Crippen LogP contribution is 2.05. The molecule has 11 heavy (non-hydrogen) atoms. The van der Waals surface area contributed by atoms with Gasteiger partial charge in [0, 0.05) is 6.07 Å². The molecule has 0 atom stereocenters. The van der Waals surface area contributed by atoms with E-state index in [-0.39, 0.29) is 11.4 Å². The first-order chi connectivity index (χ1) is 5.11. The predicted molar refractivity (Wildman–Crippen MR) is 36.7 cm³/mol. The van der Waals surface area contributed by atoms with Crippen LogP contribution in [0.1, 0.15) is 12.6 Å². The molecule has 0 aliphatic rings. The van der Waals surface area contributed by atoms with Crippen molar-refractivity contribution >= 4 is 5.71 Å². The molecule has 1 N–H and O–H groups in total. The molecule has 0 saturated heterocycles. The van der Waals surface area contributed by atoms with Gasteiger partial charge in [-0.2, -0.15) is 0 Å². The zero-order valence-corrected chi connectivity index (χ0v) is 5.86. The molecule has 4 heteroatoms. The van der Waals surface area contributed by atoms with E-state index in [1.165, 1.54) is 6.92 Å². The van der Waals surface area contributed by atoms with Crippen molar-refractivity contribution in [3.8, 4) is 0 Å². The van der Waals surface area contributed by atoms with Crippen molar-refractivity contribution in [2.75, 3.05) is 0 Å². The maximum absolute atomic E-state index is 12.7. The number of hydrogen-bond donors (Lipinski definition) is 1. The van der Waals surface area contributed by atoms with Crippen LogP contribution in [0.2, 0.25) is 0 Å². The van der Waals surface area contributed by atoms with Crippen molar-refractivity contribution < 1.29 is 8.78 Å². The van der Waals surface area contributed by atoms with Crippen LogP contribution >= 0.6 is 0 Å². The Labute approximate surface area is 62.4 Å². The van der Waals surface area contributed by atoms with Gasteiger partial charge in [0.1, 0.15) is 11.5 Å². The molecule has 1 aromatic heterocycles. The second-order valence-electron chi connectivity index (χ2n) is 2.11. The van der Waals surface area contributed by atoms with Gasteiger partial charge in [-0.05, 0) is 6.92 Å². The van der Waals surface area contributed by atoms with Crippen LogP contribution in [0, 0.1) is 17.0 Å². The quantitative estimate of drug-likeness (QED) is 0.618. The normalized spacial score (nSPS) is 9.73. The second kappa shape index (κ2) is 2.74. The monoisotopic (exact) mass is 156 g/mol. The molecule has 2 nitrogen and oxygen atoms in total. The highest BCUT2D eigenvalue weighted by Gasteiger charge is 2.05. The maximum Gasteiger partial charge on any atom is 0.153 e. The van der Waals surface area contributed by atoms with Crippen molar-refractivity contribution in [3.63, 3.8) is 0 Å². The van der Waals surface area contributed by atoms with E-state index < -0.39 is 11.6 Å². The molecule has 0 spiro atoms. The molecule has 0 aliphatic heterocycles. The summed E-state index contributed by atoms with van der Waals surface area (Å²) in [6.45, 7) is 1.39. The van der Waals surface area contributed by atoms with Gasteiger partial charge in [-0.15, -0.1) is 0 Å². The van der Waals surface area contributed by atoms with E-state index in [0.29, 0.717) is 6.07 Å². The maximum atomic E-state index is 12.7. The first-order valence-electron chi connectivity index (χ1n) is 2.98. The van der Waals surface area contributed by atoms with Gasteiger partial charge in [0.15, 0.2) is 5.82 Å². The zero-order chi connectivity index (χ0) is 8.43. The van der Waals surface area contributed by atoms with Gasteiger partial charge < -0.3 is 5.41 Å². The number of nitrogens with zero attached hydrogens (tertiary/aromatic N) is 1. The highest BCUT2D eigenvalue weighted by atomic mass is 19.1. The molecule has 0 saturated carbocycles. The number of pyridine rings is 1. The van der Waals surface area contributed by atoms with Crippen LogP contribution in [0.5, 0.6) is 0 Å². The van der Waals surface area contributed by atoms with E-state index in [4.69, 9.17) is 5.41 Å². The number of halogens is 2. The Bertz CT molecular complexity index is 296. The lowest BCUT2D eigenvalue weighted by Gasteiger charge is -1.97. The van der Waals surface area contributed by atoms with Crippen molar-refractivity contribution in [2.45, 2.75) is 6.92 Å². The van der Waals surface area contributed by atoms with Gasteiger partial charge in [0.25, 0.3) is 0 Å². The van der Waals surface area contributed by atoms with Gasteiger partial charge in [-0.25, -0.2) is 13.8 Å². The lowest BCUT2D eigenvalue weighted by Crippen LogP contribution is -2.01. The average molecular weight is 156 g/mol. The molecule has 0 bridgehead atoms. The van der Waals surface area contributed by atoms with E-state index in [9.17, 15) is 8.78 Å². The third-order valence-electron chi connectivity index (χ3n) is 1.16. The van der Waals surface area contributed by atoms with Crippen LogP contribution in [0.3, 0.4) is 0 Å². The molecule has 1 rings (SSSR count). The Morgan fingerprint density at radius 3 is 2.64 bits per heavy atom. The Balaban J connectivity index is 3.20. The molecule has 0 fully saturated rings. The first kappa shape index (κ1) is 7.78. The molecular formula is C7H6F2N2. The van der Waals surface area contributed by atoms with Gasteiger partial charge in [0.05, 0.1) is 11.9 Å². The standard InChI is InChI=1S/C7H6F2N2/c1-4(10)7-6(9)2-5(8)3-11-7/h2-3,10H,1H3. The Morgan fingerprint density at radius 1 is 1.55 bits per heavy atom. The largest absolute Gasteiger partial charge is 0.303 e. The Morgan fingerprint density at radius 2 is 2.18 bits per heavy atom. The second-order valence-corrected chi connectivity index (χ2v) is 2.11. The summed E-state index contributed by atoms with van der Waals surface area (Å²) in [5.41, 5.74) is -0.117. The van der Waals surface area contributed by atoms with E-state index in [1.807, 2.05) is 0 Å². The van der Waals surface area contributed by atoms with Crippen LogP contribution in [-0.2, 0) is 0 Å². The minimum absolute atomic E-state index is 0.0116. The van der Waals surface area contributed by atoms with Crippen molar-refractivity contribution in [3.05, 3.63) is 29.6 Å². The number of rotatable bonds is 1. The van der Waals surface area contributed by atoms with Crippen LogP contribution in [0.15, 0.2) is 12.3 Å². The number of nitrogens with one attached hydrogen (secondary N) is 1. The van der Waals surface area contributed by atoms with E-state index >= 15 is 0 Å². The summed E-state index contributed by atoms with van der Waals surface area (Å²) in [6.07, 6.45) is 0.885. The van der Waals surface area contributed by atoms with Crippen LogP contribution in [0.25, 0.3) is 0 Å². The summed E-state index contributed by atoms with van der Waals surface area (Å²) in [6, 6.07) is 0.709. The van der Waals surface area contributed by atoms with E-state index in [0.717, 1.165) is 6.20 Å². The molecular weight excluding hydrogens is 150 g/mol. The molecule has 0 unspecified atom stereocenters. The molecule has 1 heterocycles. The Hall–Kier alpha value is -1.32. The molecule has 58 valence electrons. The van der Waals surface area contributed by atoms with Gasteiger partial charge >= 0.3 is 0 Å². The molecule has 0 amide bonds. The summed E-state index contributed by atoms with van der Waals surface area (Å²) in [5, 5.41) is 7.02. The van der Waals surface area contributed by atoms with Crippen LogP contribution in [-0.4, -0.2) is 10.7 Å². The molecule has 1 aromatic rings. The lowest BCUT2D eigenvalue weighted by atomic mass is 10.2. The molecule has 0 aliphatic carbocycles. The fourth-order valence-corrected chi connectivity index (χ4v) is 0.691. The average Bonchev–Trinajstić information content (AvgIpc) is 1.85. The number of aromatic nitrogens is 1. The first-order valence-corrected chi connectivity index (χ1v) is 2.98. The van der Waals surface area contributed by atoms with Gasteiger partial charge in [-0.1, -0.05) is 0 Å². The lowest BCUT2D eigenvalue weighted by molar-refractivity contribution is 0.570. The Kier molecular flexibility index (Phi) is 1.94. The minimum atomic E-state index is -0.794. The summed E-state index contributed by atoms with van der Waals surface area (Å²) in [4.78, 5) is 3.40. The SMILES string of the molecule is CC(=N)c1ncc(F)cc1F. The van der Waals surface area contributed by atoms with Crippen molar-refractivity contribution in [1.29, 1.82) is 5.41 Å². The predicted octanol–water partition coefficient (Wildman–Crippen LogP) is 1.75. The number of hydrogen-bond acceptors (Lipinski definition) is 2. The summed E-state index contributed by atoms with van der Waals surface area (Å²) < 4.78 is 24.9. The van der Waals surface area contributed by atoms with Gasteiger partial charge in [0.2, 0.25) is 0 Å². The van der Waals surface area contributed by atoms with E-state index in [2.05, 4.69) is 4.98 Å². The summed E-state index contributed by atoms with van der Waals surface area (Å²) >= 11 is 0. The molecule has 0 aromatic carbocycles. The van der Waals surface area contributed by atoms with Crippen LogP contribution < -0.4 is 0 Å². The fourth-order valence-electron chi connectivity index (χ4n) is 0.691. The third kappa shape index (κ3) is 1.58. The summed E-state index contributed by atoms with van der Waals surface area (Å²) in [7, 11) is 0. The third-order valence-corrected chi connectivity index (χ3v) is 1.16. The zero-order valence-electron chi connectivity index (χ0n) is 5.86. The smallest absolute Gasteiger partial charge is 0.153 e. The summed E-state index contributed by atoms with van der Waals surface area (Å²) in [5.74, 6) is -1.52. The fraction of sp³-hybridized carbons (Fsp3) is 0.143. The molecule has 0 radical (unpaired) electrons. The topological polar surface area (TPSA) is 36.7 Å². The van der Waals surface area contributed by atoms with Crippen molar-refractivity contribution in [1.82, 2.24) is 4.98 Å². The van der Waals surface area contributed by atoms with Crippen LogP contribution in [0.4, 0.5) is 8.78 Å². The highest BCUT2D eigenvalue weighted by molar-refractivity contribution is 5.94. The van der Waals surface area contributed by atoms with E-state index in [1.54, 1.807) is 0 Å². The minimum Gasteiger partial charge on any atom is -0.303 e. The van der Waals surface area contributed by atoms with Gasteiger partial charge in [-0.3, -0.25) is 0 Å². The van der Waals surface area contributed by atoms with Crippen molar-refractivity contribution in [2.24, 2.45) is 0 Å².